The first-order valence-electron chi connectivity index (χ1n) is 9.04. The molecule has 1 aliphatic carbocycles. The molecule has 0 aromatic carbocycles. The Morgan fingerprint density at radius 2 is 2.12 bits per heavy atom. The van der Waals surface area contributed by atoms with Crippen LogP contribution in [0.5, 0.6) is 0 Å². The van der Waals surface area contributed by atoms with Crippen molar-refractivity contribution in [1.82, 2.24) is 18.9 Å². The molecule has 2 N–H and O–H groups in total. The average molecular weight is 397 g/mol. The van der Waals surface area contributed by atoms with Crippen molar-refractivity contribution in [2.45, 2.75) is 46.1 Å². The van der Waals surface area contributed by atoms with Gasteiger partial charge in [0.25, 0.3) is 0 Å². The fourth-order valence-corrected chi connectivity index (χ4v) is 5.59. The summed E-state index contributed by atoms with van der Waals surface area (Å²) in [7, 11) is 0. The number of nitrogens with two attached hydrogens (primary N) is 1. The van der Waals surface area contributed by atoms with Gasteiger partial charge >= 0.3 is 0 Å². The number of anilines is 1. The van der Waals surface area contributed by atoms with Crippen molar-refractivity contribution in [3.8, 4) is 0 Å². The summed E-state index contributed by atoms with van der Waals surface area (Å²) >= 11 is 4.92. The minimum Gasteiger partial charge on any atom is -0.353 e. The third-order valence-corrected chi connectivity index (χ3v) is 6.83. The van der Waals surface area contributed by atoms with E-state index in [-0.39, 0.29) is 0 Å². The molecule has 1 aliphatic heterocycles. The van der Waals surface area contributed by atoms with Crippen molar-refractivity contribution in [3.05, 3.63) is 22.6 Å². The molecule has 2 fully saturated rings. The molecular formula is C17H25ClN6OS. The van der Waals surface area contributed by atoms with Gasteiger partial charge in [-0.1, -0.05) is 18.5 Å². The number of rotatable bonds is 5. The van der Waals surface area contributed by atoms with Crippen LogP contribution in [-0.4, -0.2) is 48.8 Å². The number of aromatic nitrogens is 3. The molecular weight excluding hydrogens is 372 g/mol. The molecule has 7 nitrogen and oxygen atoms in total. The summed E-state index contributed by atoms with van der Waals surface area (Å²) in [5, 5.41) is 10.7. The van der Waals surface area contributed by atoms with Gasteiger partial charge in [-0.2, -0.15) is 5.10 Å². The highest BCUT2D eigenvalue weighted by molar-refractivity contribution is 7.80. The highest BCUT2D eigenvalue weighted by Gasteiger charge is 2.55. The van der Waals surface area contributed by atoms with Crippen LogP contribution in [-0.2, 0) is 11.2 Å². The molecule has 2 aromatic heterocycles. The SMILES string of the molecule is CCCN(C1CC2(C1)CN(c1nc(C)nn3c(Cl)cc(C)c13)C2)S(N)=O. The molecule has 1 unspecified atom stereocenters. The smallest absolute Gasteiger partial charge is 0.167 e. The van der Waals surface area contributed by atoms with E-state index in [4.69, 9.17) is 16.7 Å². The summed E-state index contributed by atoms with van der Waals surface area (Å²) in [4.78, 5) is 7.00. The number of hydrogen-bond donors (Lipinski definition) is 1. The Hall–Kier alpha value is -1.22. The highest BCUT2D eigenvalue weighted by atomic mass is 35.5. The maximum Gasteiger partial charge on any atom is 0.167 e. The van der Waals surface area contributed by atoms with Crippen molar-refractivity contribution >= 4 is 34.1 Å². The molecule has 1 atom stereocenters. The summed E-state index contributed by atoms with van der Waals surface area (Å²) in [5.74, 6) is 1.67. The first kappa shape index (κ1) is 18.2. The molecule has 142 valence electrons. The number of fused-ring (bicyclic) bond motifs is 1. The molecule has 1 saturated heterocycles. The van der Waals surface area contributed by atoms with E-state index < -0.39 is 11.2 Å². The van der Waals surface area contributed by atoms with Gasteiger partial charge in [0.05, 0.1) is 0 Å². The van der Waals surface area contributed by atoms with E-state index in [1.54, 1.807) is 4.52 Å². The minimum atomic E-state index is -1.38. The first-order chi connectivity index (χ1) is 12.3. The Bertz CT molecular complexity index is 870. The fraction of sp³-hybridized carbons (Fsp3) is 0.647. The Kier molecular flexibility index (Phi) is 4.50. The summed E-state index contributed by atoms with van der Waals surface area (Å²) in [6, 6.07) is 2.27. The van der Waals surface area contributed by atoms with Gasteiger partial charge < -0.3 is 4.90 Å². The van der Waals surface area contributed by atoms with E-state index in [1.165, 1.54) is 0 Å². The standard InChI is InChI=1S/C17H25ClN6OS/c1-4-5-23(26(19)25)13-7-17(8-13)9-22(10-17)16-15-11(2)6-14(18)24(15)21-12(3)20-16/h6,13H,4-5,7-10,19H2,1-3H3. The van der Waals surface area contributed by atoms with Crippen LogP contribution in [0, 0.1) is 19.3 Å². The van der Waals surface area contributed by atoms with Crippen LogP contribution < -0.4 is 10.0 Å². The summed E-state index contributed by atoms with van der Waals surface area (Å²) in [6.45, 7) is 8.75. The second-order valence-electron chi connectivity index (χ2n) is 7.73. The third kappa shape index (κ3) is 2.83. The topological polar surface area (TPSA) is 79.8 Å². The van der Waals surface area contributed by atoms with Crippen molar-refractivity contribution < 1.29 is 4.21 Å². The van der Waals surface area contributed by atoms with Crippen LogP contribution in [0.3, 0.4) is 0 Å². The maximum absolute atomic E-state index is 11.8. The summed E-state index contributed by atoms with van der Waals surface area (Å²) in [5.41, 5.74) is 2.38. The van der Waals surface area contributed by atoms with Gasteiger partial charge in [-0.15, -0.1) is 0 Å². The van der Waals surface area contributed by atoms with Crippen molar-refractivity contribution in [2.75, 3.05) is 24.5 Å². The molecule has 0 amide bonds. The normalized spacial score (nSPS) is 20.6. The van der Waals surface area contributed by atoms with Crippen LogP contribution in [0.4, 0.5) is 5.82 Å². The molecule has 3 heterocycles. The lowest BCUT2D eigenvalue weighted by Gasteiger charge is -2.60. The van der Waals surface area contributed by atoms with Crippen LogP contribution in [0.2, 0.25) is 5.15 Å². The van der Waals surface area contributed by atoms with Gasteiger partial charge in [0.1, 0.15) is 16.5 Å². The zero-order valence-electron chi connectivity index (χ0n) is 15.4. The van der Waals surface area contributed by atoms with Gasteiger partial charge in [-0.05, 0) is 44.7 Å². The van der Waals surface area contributed by atoms with Crippen molar-refractivity contribution in [3.63, 3.8) is 0 Å². The molecule has 4 rings (SSSR count). The van der Waals surface area contributed by atoms with Gasteiger partial charge in [0, 0.05) is 31.1 Å². The van der Waals surface area contributed by atoms with Crippen molar-refractivity contribution in [2.24, 2.45) is 10.6 Å². The summed E-state index contributed by atoms with van der Waals surface area (Å²) < 4.78 is 15.5. The average Bonchev–Trinajstić information content (AvgIpc) is 2.77. The molecule has 26 heavy (non-hydrogen) atoms. The second-order valence-corrected chi connectivity index (χ2v) is 9.14. The van der Waals surface area contributed by atoms with Crippen molar-refractivity contribution in [1.29, 1.82) is 0 Å². The molecule has 9 heteroatoms. The predicted octanol–water partition coefficient (Wildman–Crippen LogP) is 2.22. The minimum absolute atomic E-state index is 0.302. The molecule has 0 radical (unpaired) electrons. The number of nitrogens with zero attached hydrogens (tertiary/aromatic N) is 5. The van der Waals surface area contributed by atoms with Gasteiger partial charge in [0.2, 0.25) is 0 Å². The third-order valence-electron chi connectivity index (χ3n) is 5.62. The van der Waals surface area contributed by atoms with E-state index in [0.717, 1.165) is 55.8 Å². The van der Waals surface area contributed by atoms with Gasteiger partial charge in [-0.3, -0.25) is 0 Å². The zero-order chi connectivity index (χ0) is 18.6. The quantitative estimate of drug-likeness (QED) is 0.840. The Morgan fingerprint density at radius 1 is 1.42 bits per heavy atom. The molecule has 2 aromatic rings. The lowest BCUT2D eigenvalue weighted by Crippen LogP contribution is -2.67. The Balaban J connectivity index is 1.50. The monoisotopic (exact) mass is 396 g/mol. The molecule has 1 saturated carbocycles. The largest absolute Gasteiger partial charge is 0.353 e. The van der Waals surface area contributed by atoms with Crippen LogP contribution >= 0.6 is 11.6 Å². The number of aryl methyl sites for hydroxylation is 2. The van der Waals surface area contributed by atoms with E-state index >= 15 is 0 Å². The maximum atomic E-state index is 11.8. The molecule has 0 bridgehead atoms. The fourth-order valence-electron chi connectivity index (χ4n) is 4.50. The number of halogens is 1. The Morgan fingerprint density at radius 3 is 2.73 bits per heavy atom. The molecule has 1 spiro atoms. The van der Waals surface area contributed by atoms with E-state index in [2.05, 4.69) is 21.9 Å². The lowest BCUT2D eigenvalue weighted by molar-refractivity contribution is 0.0152. The zero-order valence-corrected chi connectivity index (χ0v) is 17.0. The van der Waals surface area contributed by atoms with Crippen LogP contribution in [0.25, 0.3) is 5.52 Å². The van der Waals surface area contributed by atoms with E-state index in [9.17, 15) is 4.21 Å². The summed E-state index contributed by atoms with van der Waals surface area (Å²) in [6.07, 6.45) is 3.06. The van der Waals surface area contributed by atoms with Crippen LogP contribution in [0.15, 0.2) is 6.07 Å². The highest BCUT2D eigenvalue weighted by Crippen LogP contribution is 2.52. The lowest BCUT2D eigenvalue weighted by atomic mass is 9.60. The van der Waals surface area contributed by atoms with Gasteiger partial charge in [0.15, 0.2) is 17.0 Å². The van der Waals surface area contributed by atoms with E-state index in [0.29, 0.717) is 22.4 Å². The van der Waals surface area contributed by atoms with Crippen LogP contribution in [0.1, 0.15) is 37.6 Å². The van der Waals surface area contributed by atoms with E-state index in [1.807, 2.05) is 24.2 Å². The first-order valence-corrected chi connectivity index (χ1v) is 10.6. The predicted molar refractivity (Wildman–Crippen MR) is 104 cm³/mol. The Labute approximate surface area is 161 Å². The second kappa shape index (κ2) is 6.44. The van der Waals surface area contributed by atoms with Gasteiger partial charge in [-0.25, -0.2) is 23.2 Å². The number of hydrogen-bond acceptors (Lipinski definition) is 4. The molecule has 2 aliphatic rings.